The van der Waals surface area contributed by atoms with E-state index >= 15 is 0 Å². The fraction of sp³-hybridized carbons (Fsp3) is 0.0545. The summed E-state index contributed by atoms with van der Waals surface area (Å²) >= 11 is 0. The summed E-state index contributed by atoms with van der Waals surface area (Å²) in [5.41, 5.74) is 13.6. The Morgan fingerprint density at radius 1 is 0.321 bits per heavy atom. The third kappa shape index (κ3) is 5.08. The molecule has 10 aromatic carbocycles. The van der Waals surface area contributed by atoms with E-state index in [0.717, 1.165) is 17.1 Å². The molecule has 0 saturated carbocycles. The second-order valence-corrected chi connectivity index (χ2v) is 15.7. The lowest BCUT2D eigenvalue weighted by molar-refractivity contribution is 0.660. The number of hydrogen-bond acceptors (Lipinski definition) is 1. The number of benzene rings is 10. The molecule has 0 saturated heterocycles. The summed E-state index contributed by atoms with van der Waals surface area (Å²) in [7, 11) is 0. The molecule has 10 aromatic rings. The van der Waals surface area contributed by atoms with Crippen LogP contribution in [0.5, 0.6) is 0 Å². The van der Waals surface area contributed by atoms with Crippen molar-refractivity contribution in [1.82, 2.24) is 0 Å². The second kappa shape index (κ2) is 12.5. The molecule has 1 nitrogen and oxygen atoms in total. The Balaban J connectivity index is 1.05. The monoisotopic (exact) mass is 713 g/mol. The zero-order chi connectivity index (χ0) is 37.4. The van der Waals surface area contributed by atoms with Gasteiger partial charge in [0, 0.05) is 22.5 Å². The average Bonchev–Trinajstić information content (AvgIpc) is 3.49. The summed E-state index contributed by atoms with van der Waals surface area (Å²) < 4.78 is 0. The lowest BCUT2D eigenvalue weighted by Gasteiger charge is -2.28. The first-order valence-corrected chi connectivity index (χ1v) is 19.6. The van der Waals surface area contributed by atoms with Crippen LogP contribution < -0.4 is 4.90 Å². The van der Waals surface area contributed by atoms with Crippen LogP contribution in [0.25, 0.3) is 76.5 Å². The molecule has 1 aliphatic rings. The molecule has 1 heteroatoms. The first-order chi connectivity index (χ1) is 27.5. The molecule has 11 rings (SSSR count). The molecule has 56 heavy (non-hydrogen) atoms. The van der Waals surface area contributed by atoms with Gasteiger partial charge in [0.15, 0.2) is 0 Å². The normalized spacial score (nSPS) is 13.0. The van der Waals surface area contributed by atoms with Crippen LogP contribution >= 0.6 is 0 Å². The van der Waals surface area contributed by atoms with E-state index < -0.39 is 0 Å². The van der Waals surface area contributed by atoms with Crippen LogP contribution in [0.1, 0.15) is 25.0 Å². The van der Waals surface area contributed by atoms with Crippen molar-refractivity contribution in [3.63, 3.8) is 0 Å². The Morgan fingerprint density at radius 2 is 0.857 bits per heavy atom. The maximum Gasteiger partial charge on any atom is 0.0465 e. The number of rotatable bonds is 5. The highest BCUT2D eigenvalue weighted by atomic mass is 15.1. The number of nitrogens with zero attached hydrogens (tertiary/aromatic N) is 1. The Kier molecular flexibility index (Phi) is 7.28. The van der Waals surface area contributed by atoms with Gasteiger partial charge in [0.2, 0.25) is 0 Å². The van der Waals surface area contributed by atoms with Crippen molar-refractivity contribution in [3.8, 4) is 33.4 Å². The van der Waals surface area contributed by atoms with E-state index in [-0.39, 0.29) is 5.41 Å². The Morgan fingerprint density at radius 3 is 1.64 bits per heavy atom. The molecule has 0 fully saturated rings. The van der Waals surface area contributed by atoms with Gasteiger partial charge in [-0.2, -0.15) is 0 Å². The highest BCUT2D eigenvalue weighted by Crippen LogP contribution is 2.51. The van der Waals surface area contributed by atoms with Crippen molar-refractivity contribution in [2.75, 3.05) is 4.90 Å². The molecule has 0 N–H and O–H groups in total. The SMILES string of the molecule is CC1(C)c2ccccc2-c2ccc(N(c3ccc(-c4ccc5ccccc5c4)cc3)c3ccc(-c4cccc5ccc6ccc7ccccc7c6c45)cc3)cc21. The zero-order valence-electron chi connectivity index (χ0n) is 31.5. The molecule has 0 radical (unpaired) electrons. The zero-order valence-corrected chi connectivity index (χ0v) is 31.5. The van der Waals surface area contributed by atoms with E-state index in [1.165, 1.54) is 87.6 Å². The molecule has 0 bridgehead atoms. The van der Waals surface area contributed by atoms with Crippen molar-refractivity contribution in [2.24, 2.45) is 0 Å². The molecule has 0 unspecified atom stereocenters. The Bertz CT molecular complexity index is 3150. The van der Waals surface area contributed by atoms with Crippen LogP contribution in [0.4, 0.5) is 17.1 Å². The van der Waals surface area contributed by atoms with Crippen LogP contribution in [0.3, 0.4) is 0 Å². The van der Waals surface area contributed by atoms with Crippen LogP contribution in [0, 0.1) is 0 Å². The highest BCUT2D eigenvalue weighted by Gasteiger charge is 2.35. The standard InChI is InChI=1S/C55H39N/c1-55(2)51-17-8-7-15-49(51)50-33-32-46(35-52(50)55)56(44-28-24-37(25-29-44)43-23-18-36-10-3-4-12-42(36)34-43)45-30-26-39(27-31-45)48-16-9-13-40-21-22-41-20-19-38-11-5-6-14-47(38)54(41)53(40)48/h3-35H,1-2H3. The predicted molar refractivity (Wildman–Crippen MR) is 240 cm³/mol. The van der Waals surface area contributed by atoms with Crippen molar-refractivity contribution in [1.29, 1.82) is 0 Å². The Labute approximate surface area is 327 Å². The van der Waals surface area contributed by atoms with Crippen molar-refractivity contribution in [3.05, 3.63) is 211 Å². The van der Waals surface area contributed by atoms with Gasteiger partial charge < -0.3 is 4.90 Å². The quantitative estimate of drug-likeness (QED) is 0.161. The van der Waals surface area contributed by atoms with Gasteiger partial charge in [0.25, 0.3) is 0 Å². The minimum Gasteiger partial charge on any atom is -0.310 e. The number of fused-ring (bicyclic) bond motifs is 9. The minimum atomic E-state index is -0.0985. The van der Waals surface area contributed by atoms with Gasteiger partial charge in [-0.05, 0) is 130 Å². The summed E-state index contributed by atoms with van der Waals surface area (Å²) in [6.07, 6.45) is 0. The van der Waals surface area contributed by atoms with E-state index in [0.29, 0.717) is 0 Å². The van der Waals surface area contributed by atoms with Gasteiger partial charge in [-0.1, -0.05) is 172 Å². The third-order valence-electron chi connectivity index (χ3n) is 12.2. The fourth-order valence-corrected chi connectivity index (χ4v) is 9.35. The van der Waals surface area contributed by atoms with Gasteiger partial charge in [-0.15, -0.1) is 0 Å². The van der Waals surface area contributed by atoms with Gasteiger partial charge in [0.1, 0.15) is 0 Å². The fourth-order valence-electron chi connectivity index (χ4n) is 9.35. The van der Waals surface area contributed by atoms with Gasteiger partial charge in [-0.3, -0.25) is 0 Å². The largest absolute Gasteiger partial charge is 0.310 e. The summed E-state index contributed by atoms with van der Waals surface area (Å²) in [5, 5.41) is 10.2. The van der Waals surface area contributed by atoms with Gasteiger partial charge in [-0.25, -0.2) is 0 Å². The molecule has 0 aliphatic heterocycles. The van der Waals surface area contributed by atoms with E-state index in [9.17, 15) is 0 Å². The van der Waals surface area contributed by atoms with E-state index in [4.69, 9.17) is 0 Å². The molecular formula is C55H39N. The molecule has 0 aromatic heterocycles. The van der Waals surface area contributed by atoms with Gasteiger partial charge >= 0.3 is 0 Å². The maximum atomic E-state index is 2.42. The number of hydrogen-bond donors (Lipinski definition) is 0. The minimum absolute atomic E-state index is 0.0985. The molecular weight excluding hydrogens is 675 g/mol. The molecule has 0 amide bonds. The molecule has 0 atom stereocenters. The van der Waals surface area contributed by atoms with Crippen molar-refractivity contribution < 1.29 is 0 Å². The Hall–Kier alpha value is -6.96. The molecule has 264 valence electrons. The van der Waals surface area contributed by atoms with Crippen LogP contribution in [-0.4, -0.2) is 0 Å². The summed E-state index contributed by atoms with van der Waals surface area (Å²) in [6.45, 7) is 4.71. The highest BCUT2D eigenvalue weighted by molar-refractivity contribution is 6.24. The third-order valence-corrected chi connectivity index (χ3v) is 12.2. The lowest BCUT2D eigenvalue weighted by atomic mass is 9.82. The smallest absolute Gasteiger partial charge is 0.0465 e. The average molecular weight is 714 g/mol. The second-order valence-electron chi connectivity index (χ2n) is 15.7. The first-order valence-electron chi connectivity index (χ1n) is 19.6. The number of anilines is 3. The summed E-state index contributed by atoms with van der Waals surface area (Å²) in [4.78, 5) is 2.42. The van der Waals surface area contributed by atoms with Crippen molar-refractivity contribution >= 4 is 60.2 Å². The van der Waals surface area contributed by atoms with E-state index in [2.05, 4.69) is 219 Å². The van der Waals surface area contributed by atoms with Crippen LogP contribution in [0.15, 0.2) is 200 Å². The van der Waals surface area contributed by atoms with Crippen LogP contribution in [0.2, 0.25) is 0 Å². The lowest BCUT2D eigenvalue weighted by Crippen LogP contribution is -2.16. The first kappa shape index (κ1) is 32.5. The predicted octanol–water partition coefficient (Wildman–Crippen LogP) is 15.4. The van der Waals surface area contributed by atoms with Gasteiger partial charge in [0.05, 0.1) is 0 Å². The van der Waals surface area contributed by atoms with E-state index in [1.54, 1.807) is 0 Å². The molecule has 1 aliphatic carbocycles. The molecule has 0 heterocycles. The summed E-state index contributed by atoms with van der Waals surface area (Å²) in [5.74, 6) is 0. The van der Waals surface area contributed by atoms with Crippen molar-refractivity contribution in [2.45, 2.75) is 19.3 Å². The molecule has 0 spiro atoms. The van der Waals surface area contributed by atoms with E-state index in [1.807, 2.05) is 0 Å². The summed E-state index contributed by atoms with van der Waals surface area (Å²) in [6, 6.07) is 74.0. The maximum absolute atomic E-state index is 2.42. The van der Waals surface area contributed by atoms with Crippen LogP contribution in [-0.2, 0) is 5.41 Å². The topological polar surface area (TPSA) is 3.24 Å².